The minimum absolute atomic E-state index is 0.189. The molecular weight excluding hydrogens is 486 g/mol. The van der Waals surface area contributed by atoms with Crippen molar-refractivity contribution in [3.63, 3.8) is 0 Å². The number of nitrogens with zero attached hydrogens (tertiary/aromatic N) is 3. The second-order valence-electron chi connectivity index (χ2n) is 8.78. The molecule has 1 amide bonds. The van der Waals surface area contributed by atoms with Crippen LogP contribution in [0.2, 0.25) is 0 Å². The maximum atomic E-state index is 14.0. The molecule has 5 rings (SSSR count). The molecule has 0 N–H and O–H groups in total. The van der Waals surface area contributed by atoms with Gasteiger partial charge in [0, 0.05) is 12.1 Å². The minimum atomic E-state index is -0.719. The van der Waals surface area contributed by atoms with Crippen LogP contribution in [0.4, 0.5) is 5.69 Å². The number of hydrogen-bond donors (Lipinski definition) is 0. The topological polar surface area (TPSA) is 81.0 Å². The second-order valence-corrected chi connectivity index (χ2v) is 9.76. The molecule has 0 saturated heterocycles. The van der Waals surface area contributed by atoms with Crippen LogP contribution in [0.15, 0.2) is 81.7 Å². The fraction of sp³-hybridized carbons (Fsp3) is 0.241. The highest BCUT2D eigenvalue weighted by atomic mass is 32.1. The molecule has 0 aliphatic carbocycles. The highest BCUT2D eigenvalue weighted by Crippen LogP contribution is 2.35. The Morgan fingerprint density at radius 3 is 2.54 bits per heavy atom. The zero-order valence-electron chi connectivity index (χ0n) is 20.9. The summed E-state index contributed by atoms with van der Waals surface area (Å²) in [6.07, 6.45) is 4.49. The van der Waals surface area contributed by atoms with Gasteiger partial charge >= 0.3 is 5.97 Å². The third-order valence-corrected chi connectivity index (χ3v) is 7.46. The molecular formula is C29H27N3O4S. The molecule has 37 heavy (non-hydrogen) atoms. The van der Waals surface area contributed by atoms with Gasteiger partial charge in [0.15, 0.2) is 4.80 Å². The number of thiazole rings is 1. The van der Waals surface area contributed by atoms with Gasteiger partial charge in [-0.2, -0.15) is 0 Å². The number of amides is 1. The van der Waals surface area contributed by atoms with Crippen LogP contribution in [0.5, 0.6) is 0 Å². The number of benzene rings is 2. The summed E-state index contributed by atoms with van der Waals surface area (Å²) in [5.41, 5.74) is 3.31. The van der Waals surface area contributed by atoms with E-state index in [0.29, 0.717) is 32.7 Å². The average molecular weight is 514 g/mol. The molecule has 0 bridgehead atoms. The first-order valence-electron chi connectivity index (χ1n) is 12.3. The highest BCUT2D eigenvalue weighted by molar-refractivity contribution is 7.07. The number of rotatable bonds is 6. The molecule has 0 unspecified atom stereocenters. The van der Waals surface area contributed by atoms with E-state index < -0.39 is 12.0 Å². The standard InChI is InChI=1S/C29H27N3O4S/c1-4-17-31-21-14-10-9-13-20(21)24(26(31)33)25-27(34)32-22(16-15-19-11-7-6-8-12-19)23(28(35)36-5-2)18(3)30-29(32)37-25/h6-16,22H,4-5,17H2,1-3H3/b16-15+,25-24-/t22-/m0/s1. The van der Waals surface area contributed by atoms with Gasteiger partial charge in [-0.15, -0.1) is 0 Å². The van der Waals surface area contributed by atoms with E-state index in [2.05, 4.69) is 4.99 Å². The van der Waals surface area contributed by atoms with E-state index >= 15 is 0 Å². The molecule has 2 aliphatic rings. The van der Waals surface area contributed by atoms with E-state index in [1.54, 1.807) is 18.7 Å². The fourth-order valence-corrected chi connectivity index (χ4v) is 5.92. The Hall–Kier alpha value is -4.04. The lowest BCUT2D eigenvalue weighted by Crippen LogP contribution is -2.40. The van der Waals surface area contributed by atoms with Gasteiger partial charge in [-0.05, 0) is 31.9 Å². The Morgan fingerprint density at radius 2 is 1.81 bits per heavy atom. The molecule has 0 saturated carbocycles. The zero-order valence-corrected chi connectivity index (χ0v) is 21.7. The molecule has 3 heterocycles. The minimum Gasteiger partial charge on any atom is -0.463 e. The van der Waals surface area contributed by atoms with Gasteiger partial charge < -0.3 is 9.64 Å². The van der Waals surface area contributed by atoms with E-state index in [1.807, 2.05) is 73.7 Å². The van der Waals surface area contributed by atoms with Gasteiger partial charge in [0.05, 0.1) is 35.2 Å². The zero-order chi connectivity index (χ0) is 26.1. The van der Waals surface area contributed by atoms with E-state index in [9.17, 15) is 14.4 Å². The summed E-state index contributed by atoms with van der Waals surface area (Å²) < 4.78 is 7.16. The summed E-state index contributed by atoms with van der Waals surface area (Å²) in [4.78, 5) is 47.3. The lowest BCUT2D eigenvalue weighted by molar-refractivity contribution is -0.139. The van der Waals surface area contributed by atoms with Crippen LogP contribution in [0.1, 0.15) is 44.4 Å². The van der Waals surface area contributed by atoms with Gasteiger partial charge in [-0.1, -0.05) is 78.9 Å². The summed E-state index contributed by atoms with van der Waals surface area (Å²) in [5, 5.41) is 0. The quantitative estimate of drug-likeness (QED) is 0.472. The Balaban J connectivity index is 1.75. The summed E-state index contributed by atoms with van der Waals surface area (Å²) in [5.74, 6) is -0.702. The van der Waals surface area contributed by atoms with Gasteiger partial charge in [0.2, 0.25) is 0 Å². The predicted molar refractivity (Wildman–Crippen MR) is 145 cm³/mol. The van der Waals surface area contributed by atoms with Crippen LogP contribution in [0.3, 0.4) is 0 Å². The number of carbonyl (C=O) groups is 2. The maximum Gasteiger partial charge on any atom is 0.338 e. The number of anilines is 1. The first kappa shape index (κ1) is 24.6. The molecule has 2 aromatic carbocycles. The Kier molecular flexibility index (Phi) is 6.76. The number of esters is 1. The van der Waals surface area contributed by atoms with E-state index in [-0.39, 0.29) is 18.1 Å². The van der Waals surface area contributed by atoms with Crippen LogP contribution >= 0.6 is 11.3 Å². The van der Waals surface area contributed by atoms with Crippen molar-refractivity contribution < 1.29 is 14.3 Å². The van der Waals surface area contributed by atoms with Crippen LogP contribution in [0.25, 0.3) is 11.6 Å². The molecule has 8 heteroatoms. The lowest BCUT2D eigenvalue weighted by atomic mass is 10.0. The van der Waals surface area contributed by atoms with Gasteiger partial charge in [0.1, 0.15) is 4.53 Å². The Labute approximate surface area is 218 Å². The molecule has 0 radical (unpaired) electrons. The Bertz CT molecular complexity index is 1630. The van der Waals surface area contributed by atoms with Crippen molar-refractivity contribution >= 4 is 40.5 Å². The largest absolute Gasteiger partial charge is 0.463 e. The molecule has 3 aromatic rings. The molecule has 7 nitrogen and oxygen atoms in total. The summed E-state index contributed by atoms with van der Waals surface area (Å²) in [7, 11) is 0. The van der Waals surface area contributed by atoms with Crippen LogP contribution < -0.4 is 19.8 Å². The number of hydrogen-bond acceptors (Lipinski definition) is 6. The maximum absolute atomic E-state index is 14.0. The SMILES string of the molecule is CCCN1C(=O)/C(=c2\sc3n(c2=O)[C@@H](/C=C/c2ccccc2)C(C(=O)OCC)=C(C)N=3)c2ccccc21. The van der Waals surface area contributed by atoms with Crippen molar-refractivity contribution in [1.82, 2.24) is 4.57 Å². The monoisotopic (exact) mass is 513 g/mol. The van der Waals surface area contributed by atoms with Crippen molar-refractivity contribution in [3.05, 3.63) is 103 Å². The van der Waals surface area contributed by atoms with Gasteiger partial charge in [-0.3, -0.25) is 14.2 Å². The number of fused-ring (bicyclic) bond motifs is 2. The van der Waals surface area contributed by atoms with Crippen molar-refractivity contribution in [2.75, 3.05) is 18.1 Å². The first-order valence-corrected chi connectivity index (χ1v) is 13.1. The smallest absolute Gasteiger partial charge is 0.338 e. The number of aromatic nitrogens is 1. The van der Waals surface area contributed by atoms with Crippen molar-refractivity contribution in [3.8, 4) is 0 Å². The highest BCUT2D eigenvalue weighted by Gasteiger charge is 2.35. The molecule has 2 aliphatic heterocycles. The van der Waals surface area contributed by atoms with Crippen LogP contribution in [-0.4, -0.2) is 29.6 Å². The number of para-hydroxylation sites is 1. The molecule has 1 aromatic heterocycles. The van der Waals surface area contributed by atoms with Crippen molar-refractivity contribution in [2.45, 2.75) is 33.2 Å². The Morgan fingerprint density at radius 1 is 1.08 bits per heavy atom. The lowest BCUT2D eigenvalue weighted by Gasteiger charge is -2.21. The number of carbonyl (C=O) groups excluding carboxylic acids is 2. The normalized spacial score (nSPS) is 18.2. The summed E-state index contributed by atoms with van der Waals surface area (Å²) in [6, 6.07) is 16.5. The second kappa shape index (κ2) is 10.1. The first-order chi connectivity index (χ1) is 18.0. The fourth-order valence-electron chi connectivity index (χ4n) is 4.78. The number of ether oxygens (including phenoxy) is 1. The van der Waals surface area contributed by atoms with Crippen molar-refractivity contribution in [1.29, 1.82) is 0 Å². The average Bonchev–Trinajstić information content (AvgIpc) is 3.36. The van der Waals surface area contributed by atoms with Gasteiger partial charge in [0.25, 0.3) is 11.5 Å². The van der Waals surface area contributed by atoms with Crippen LogP contribution in [0, 0.1) is 0 Å². The van der Waals surface area contributed by atoms with E-state index in [1.165, 1.54) is 15.9 Å². The molecule has 1 atom stereocenters. The third kappa shape index (κ3) is 4.27. The summed E-state index contributed by atoms with van der Waals surface area (Å²) in [6.45, 7) is 6.27. The third-order valence-electron chi connectivity index (χ3n) is 6.40. The van der Waals surface area contributed by atoms with E-state index in [4.69, 9.17) is 4.74 Å². The molecule has 0 spiro atoms. The summed E-state index contributed by atoms with van der Waals surface area (Å²) >= 11 is 1.18. The van der Waals surface area contributed by atoms with Crippen LogP contribution in [-0.2, 0) is 14.3 Å². The number of allylic oxidation sites excluding steroid dienone is 2. The predicted octanol–water partition coefficient (Wildman–Crippen LogP) is 3.59. The molecule has 188 valence electrons. The molecule has 0 fully saturated rings. The van der Waals surface area contributed by atoms with Crippen molar-refractivity contribution in [2.24, 2.45) is 4.99 Å². The van der Waals surface area contributed by atoms with Gasteiger partial charge in [-0.25, -0.2) is 9.79 Å². The van der Waals surface area contributed by atoms with E-state index in [0.717, 1.165) is 23.2 Å².